The van der Waals surface area contributed by atoms with Gasteiger partial charge in [-0.3, -0.25) is 9.59 Å². The fourth-order valence-corrected chi connectivity index (χ4v) is 4.85. The molecule has 1 N–H and O–H groups in total. The van der Waals surface area contributed by atoms with Crippen molar-refractivity contribution in [3.8, 4) is 0 Å². The molecule has 162 valence electrons. The SMILES string of the molecule is O=C(NCCSc1ncc(C(F)(F)F)cc1Cl)C1CCCCN1C(=O)c1cccs1. The van der Waals surface area contributed by atoms with Gasteiger partial charge in [0.2, 0.25) is 5.91 Å². The molecule has 1 unspecified atom stereocenters. The molecule has 1 saturated heterocycles. The van der Waals surface area contributed by atoms with Crippen LogP contribution in [0.25, 0.3) is 0 Å². The maximum Gasteiger partial charge on any atom is 0.417 e. The van der Waals surface area contributed by atoms with Gasteiger partial charge in [0.15, 0.2) is 0 Å². The molecule has 1 aliphatic rings. The third-order valence-electron chi connectivity index (χ3n) is 4.57. The van der Waals surface area contributed by atoms with Crippen molar-refractivity contribution in [1.29, 1.82) is 0 Å². The molecule has 1 atom stereocenters. The first kappa shape index (κ1) is 22.9. The van der Waals surface area contributed by atoms with Crippen LogP contribution in [0.5, 0.6) is 0 Å². The van der Waals surface area contributed by atoms with Gasteiger partial charge in [0, 0.05) is 25.0 Å². The number of hydrogen-bond donors (Lipinski definition) is 1. The van der Waals surface area contributed by atoms with E-state index in [-0.39, 0.29) is 28.4 Å². The number of alkyl halides is 3. The third kappa shape index (κ3) is 5.67. The van der Waals surface area contributed by atoms with Crippen LogP contribution in [-0.2, 0) is 11.0 Å². The van der Waals surface area contributed by atoms with Crippen LogP contribution in [0.1, 0.15) is 34.5 Å². The van der Waals surface area contributed by atoms with Crippen molar-refractivity contribution in [3.63, 3.8) is 0 Å². The number of halogens is 4. The second-order valence-electron chi connectivity index (χ2n) is 6.64. The number of thioether (sulfide) groups is 1. The van der Waals surface area contributed by atoms with Crippen LogP contribution in [0.4, 0.5) is 13.2 Å². The van der Waals surface area contributed by atoms with Crippen LogP contribution in [0, 0.1) is 0 Å². The smallest absolute Gasteiger partial charge is 0.353 e. The normalized spacial score (nSPS) is 17.1. The summed E-state index contributed by atoms with van der Waals surface area (Å²) in [4.78, 5) is 31.3. The molecule has 2 aromatic heterocycles. The van der Waals surface area contributed by atoms with E-state index < -0.39 is 17.8 Å². The number of nitrogens with zero attached hydrogens (tertiary/aromatic N) is 2. The van der Waals surface area contributed by atoms with Gasteiger partial charge in [-0.15, -0.1) is 23.1 Å². The van der Waals surface area contributed by atoms with Gasteiger partial charge in [0.05, 0.1) is 15.5 Å². The van der Waals surface area contributed by atoms with Crippen LogP contribution >= 0.6 is 34.7 Å². The van der Waals surface area contributed by atoms with Gasteiger partial charge in [-0.05, 0) is 36.8 Å². The number of pyridine rings is 1. The standard InChI is InChI=1S/C19H19ClF3N3O2S2/c20-13-10-12(19(21,22)23)11-25-17(13)30-9-6-24-16(27)14-4-1-2-7-26(14)18(28)15-5-3-8-29-15/h3,5,8,10-11,14H,1-2,4,6-7,9H2,(H,24,27). The molecule has 0 radical (unpaired) electrons. The fraction of sp³-hybridized carbons (Fsp3) is 0.421. The lowest BCUT2D eigenvalue weighted by molar-refractivity contribution is -0.137. The molecule has 0 saturated carbocycles. The van der Waals surface area contributed by atoms with E-state index in [9.17, 15) is 22.8 Å². The van der Waals surface area contributed by atoms with E-state index in [0.717, 1.165) is 36.9 Å². The van der Waals surface area contributed by atoms with Crippen molar-refractivity contribution < 1.29 is 22.8 Å². The molecular formula is C19H19ClF3N3O2S2. The number of nitrogens with one attached hydrogen (secondary N) is 1. The fourth-order valence-electron chi connectivity index (χ4n) is 3.12. The Balaban J connectivity index is 1.52. The summed E-state index contributed by atoms with van der Waals surface area (Å²) in [5.74, 6) is 0.0155. The first-order valence-corrected chi connectivity index (χ1v) is 11.5. The minimum Gasteiger partial charge on any atom is -0.353 e. The van der Waals surface area contributed by atoms with Crippen molar-refractivity contribution >= 4 is 46.5 Å². The maximum atomic E-state index is 12.7. The van der Waals surface area contributed by atoms with E-state index >= 15 is 0 Å². The molecule has 0 aliphatic carbocycles. The monoisotopic (exact) mass is 477 g/mol. The zero-order valence-electron chi connectivity index (χ0n) is 15.7. The highest BCUT2D eigenvalue weighted by molar-refractivity contribution is 7.99. The number of likely N-dealkylation sites (tertiary alicyclic amines) is 1. The number of amides is 2. The second kappa shape index (κ2) is 10.0. The average molecular weight is 478 g/mol. The molecule has 0 spiro atoms. The lowest BCUT2D eigenvalue weighted by Gasteiger charge is -2.34. The zero-order chi connectivity index (χ0) is 21.7. The Hall–Kier alpha value is -1.78. The predicted molar refractivity (Wildman–Crippen MR) is 111 cm³/mol. The molecule has 2 amide bonds. The van der Waals surface area contributed by atoms with Gasteiger partial charge in [-0.25, -0.2) is 4.98 Å². The summed E-state index contributed by atoms with van der Waals surface area (Å²) in [6.07, 6.45) is -1.44. The summed E-state index contributed by atoms with van der Waals surface area (Å²) in [7, 11) is 0. The van der Waals surface area contributed by atoms with Gasteiger partial charge < -0.3 is 10.2 Å². The minimum atomic E-state index is -4.50. The Morgan fingerprint density at radius 3 is 2.83 bits per heavy atom. The number of rotatable bonds is 6. The molecule has 3 heterocycles. The quantitative estimate of drug-likeness (QED) is 0.483. The highest BCUT2D eigenvalue weighted by Gasteiger charge is 2.33. The van der Waals surface area contributed by atoms with Crippen LogP contribution in [-0.4, -0.2) is 46.6 Å². The van der Waals surface area contributed by atoms with Crippen molar-refractivity contribution in [2.75, 3.05) is 18.8 Å². The van der Waals surface area contributed by atoms with E-state index in [2.05, 4.69) is 10.3 Å². The van der Waals surface area contributed by atoms with Crippen molar-refractivity contribution in [3.05, 3.63) is 45.2 Å². The molecule has 1 aliphatic heterocycles. The molecular weight excluding hydrogens is 459 g/mol. The predicted octanol–water partition coefficient (Wildman–Crippen LogP) is 4.72. The molecule has 11 heteroatoms. The van der Waals surface area contributed by atoms with Crippen LogP contribution in [0.15, 0.2) is 34.8 Å². The summed E-state index contributed by atoms with van der Waals surface area (Å²) in [5, 5.41) is 4.82. The second-order valence-corrected chi connectivity index (χ2v) is 9.07. The van der Waals surface area contributed by atoms with Crippen LogP contribution < -0.4 is 5.32 Å². The molecule has 0 bridgehead atoms. The molecule has 3 rings (SSSR count). The molecule has 30 heavy (non-hydrogen) atoms. The Bertz CT molecular complexity index is 894. The Morgan fingerprint density at radius 1 is 1.37 bits per heavy atom. The lowest BCUT2D eigenvalue weighted by atomic mass is 10.0. The van der Waals surface area contributed by atoms with E-state index in [1.165, 1.54) is 11.3 Å². The highest BCUT2D eigenvalue weighted by Crippen LogP contribution is 2.33. The number of piperidine rings is 1. The number of thiophene rings is 1. The Morgan fingerprint density at radius 2 is 2.17 bits per heavy atom. The Kier molecular flexibility index (Phi) is 7.65. The first-order chi connectivity index (χ1) is 14.3. The zero-order valence-corrected chi connectivity index (χ0v) is 18.1. The van der Waals surface area contributed by atoms with E-state index in [1.54, 1.807) is 17.0 Å². The average Bonchev–Trinajstić information content (AvgIpc) is 3.25. The first-order valence-electron chi connectivity index (χ1n) is 9.25. The van der Waals surface area contributed by atoms with Crippen molar-refractivity contribution in [2.24, 2.45) is 0 Å². The molecule has 1 fully saturated rings. The van der Waals surface area contributed by atoms with Gasteiger partial charge in [0.25, 0.3) is 5.91 Å². The van der Waals surface area contributed by atoms with Crippen molar-refractivity contribution in [2.45, 2.75) is 36.5 Å². The van der Waals surface area contributed by atoms with Gasteiger partial charge in [-0.1, -0.05) is 17.7 Å². The maximum absolute atomic E-state index is 12.7. The number of carbonyl (C=O) groups excluding carboxylic acids is 2. The highest BCUT2D eigenvalue weighted by atomic mass is 35.5. The van der Waals surface area contributed by atoms with E-state index in [1.807, 2.05) is 5.38 Å². The number of hydrogen-bond acceptors (Lipinski definition) is 5. The summed E-state index contributed by atoms with van der Waals surface area (Å²) in [6, 6.07) is 3.86. The Labute approximate surface area is 185 Å². The largest absolute Gasteiger partial charge is 0.417 e. The van der Waals surface area contributed by atoms with E-state index in [4.69, 9.17) is 11.6 Å². The van der Waals surface area contributed by atoms with E-state index in [0.29, 0.717) is 23.6 Å². The summed E-state index contributed by atoms with van der Waals surface area (Å²) < 4.78 is 38.0. The summed E-state index contributed by atoms with van der Waals surface area (Å²) >= 11 is 8.39. The number of aromatic nitrogens is 1. The topological polar surface area (TPSA) is 62.3 Å². The van der Waals surface area contributed by atoms with Gasteiger partial charge in [-0.2, -0.15) is 13.2 Å². The lowest BCUT2D eigenvalue weighted by Crippen LogP contribution is -2.52. The molecule has 5 nitrogen and oxygen atoms in total. The van der Waals surface area contributed by atoms with Gasteiger partial charge in [0.1, 0.15) is 11.1 Å². The van der Waals surface area contributed by atoms with Crippen LogP contribution in [0.2, 0.25) is 5.02 Å². The number of carbonyl (C=O) groups is 2. The minimum absolute atomic E-state index is 0.0823. The molecule has 0 aromatic carbocycles. The molecule has 2 aromatic rings. The van der Waals surface area contributed by atoms with Crippen molar-refractivity contribution in [1.82, 2.24) is 15.2 Å². The summed E-state index contributed by atoms with van der Waals surface area (Å²) in [6.45, 7) is 0.814. The summed E-state index contributed by atoms with van der Waals surface area (Å²) in [5.41, 5.74) is -0.905. The van der Waals surface area contributed by atoms with Gasteiger partial charge >= 0.3 is 6.18 Å². The van der Waals surface area contributed by atoms with Crippen LogP contribution in [0.3, 0.4) is 0 Å². The third-order valence-corrected chi connectivity index (χ3v) is 6.84.